The molecule has 150 valence electrons. The second-order valence-electron chi connectivity index (χ2n) is 7.45. The molecular weight excluding hydrogens is 382 g/mol. The predicted octanol–water partition coefficient (Wildman–Crippen LogP) is 6.77. The first-order valence-electron chi connectivity index (χ1n) is 10.3. The third-order valence-electron chi connectivity index (χ3n) is 5.35. The van der Waals surface area contributed by atoms with E-state index in [1.807, 2.05) is 109 Å². The van der Waals surface area contributed by atoms with Gasteiger partial charge in [0.25, 0.3) is 5.91 Å². The summed E-state index contributed by atoms with van der Waals surface area (Å²) in [6.07, 6.45) is 0. The lowest BCUT2D eigenvalue weighted by molar-refractivity contribution is 0.0600. The number of hydrogen-bond donors (Lipinski definition) is 0. The van der Waals surface area contributed by atoms with Gasteiger partial charge in [0.1, 0.15) is 6.61 Å². The van der Waals surface area contributed by atoms with Crippen LogP contribution >= 0.6 is 0 Å². The van der Waals surface area contributed by atoms with Crippen molar-refractivity contribution >= 4 is 33.1 Å². The molecule has 0 aliphatic heterocycles. The van der Waals surface area contributed by atoms with Crippen molar-refractivity contribution in [3.05, 3.63) is 126 Å². The van der Waals surface area contributed by atoms with E-state index in [2.05, 4.69) is 6.07 Å². The zero-order valence-electron chi connectivity index (χ0n) is 16.9. The van der Waals surface area contributed by atoms with Gasteiger partial charge in [-0.25, -0.2) is 0 Å². The zero-order chi connectivity index (χ0) is 21.0. The maximum absolute atomic E-state index is 13.5. The van der Waals surface area contributed by atoms with Crippen molar-refractivity contribution in [2.45, 2.75) is 6.61 Å². The van der Waals surface area contributed by atoms with E-state index in [4.69, 9.17) is 4.84 Å². The lowest BCUT2D eigenvalue weighted by Crippen LogP contribution is -2.31. The molecule has 0 saturated carbocycles. The van der Waals surface area contributed by atoms with Crippen molar-refractivity contribution < 1.29 is 9.63 Å². The molecule has 5 aromatic carbocycles. The van der Waals surface area contributed by atoms with Crippen molar-refractivity contribution in [1.29, 1.82) is 0 Å². The van der Waals surface area contributed by atoms with Gasteiger partial charge < -0.3 is 0 Å². The normalized spacial score (nSPS) is 11.0. The monoisotopic (exact) mass is 403 g/mol. The molecule has 0 aliphatic carbocycles. The summed E-state index contributed by atoms with van der Waals surface area (Å²) in [7, 11) is 0. The van der Waals surface area contributed by atoms with E-state index >= 15 is 0 Å². The summed E-state index contributed by atoms with van der Waals surface area (Å²) >= 11 is 0. The quantitative estimate of drug-likeness (QED) is 0.303. The smallest absolute Gasteiger partial charge is 0.266 e. The highest BCUT2D eigenvalue weighted by atomic mass is 16.7. The summed E-state index contributed by atoms with van der Waals surface area (Å²) < 4.78 is 0. The SMILES string of the molecule is O=C(c1ccc2ccccc2c1)N(OCc1ccccc1)c1ccc2ccccc2c1. The van der Waals surface area contributed by atoms with Gasteiger partial charge in [0.15, 0.2) is 0 Å². The molecule has 0 fully saturated rings. The van der Waals surface area contributed by atoms with E-state index in [1.54, 1.807) is 0 Å². The molecule has 0 saturated heterocycles. The Balaban J connectivity index is 1.53. The van der Waals surface area contributed by atoms with Crippen LogP contribution in [0.15, 0.2) is 115 Å². The van der Waals surface area contributed by atoms with Crippen LogP contribution in [0, 0.1) is 0 Å². The first-order chi connectivity index (χ1) is 15.3. The van der Waals surface area contributed by atoms with Crippen LogP contribution in [0.3, 0.4) is 0 Å². The Morgan fingerprint density at radius 2 is 1.19 bits per heavy atom. The van der Waals surface area contributed by atoms with Gasteiger partial charge in [-0.05, 0) is 51.4 Å². The molecule has 0 unspecified atom stereocenters. The summed E-state index contributed by atoms with van der Waals surface area (Å²) in [6.45, 7) is 0.299. The minimum absolute atomic E-state index is 0.197. The summed E-state index contributed by atoms with van der Waals surface area (Å²) in [4.78, 5) is 19.6. The second-order valence-corrected chi connectivity index (χ2v) is 7.45. The largest absolute Gasteiger partial charge is 0.282 e. The number of hydrogen-bond acceptors (Lipinski definition) is 2. The van der Waals surface area contributed by atoms with Crippen molar-refractivity contribution in [2.24, 2.45) is 0 Å². The molecule has 0 aliphatic rings. The Morgan fingerprint density at radius 1 is 0.613 bits per heavy atom. The fraction of sp³-hybridized carbons (Fsp3) is 0.0357. The number of hydroxylamine groups is 1. The van der Waals surface area contributed by atoms with Crippen LogP contribution in [-0.2, 0) is 11.4 Å². The molecule has 1 amide bonds. The van der Waals surface area contributed by atoms with Crippen molar-refractivity contribution in [3.63, 3.8) is 0 Å². The topological polar surface area (TPSA) is 29.5 Å². The Morgan fingerprint density at radius 3 is 1.90 bits per heavy atom. The fourth-order valence-corrected chi connectivity index (χ4v) is 3.71. The van der Waals surface area contributed by atoms with Crippen LogP contribution in [0.1, 0.15) is 15.9 Å². The minimum Gasteiger partial charge on any atom is -0.266 e. The number of amides is 1. The maximum Gasteiger partial charge on any atom is 0.282 e. The number of anilines is 1. The molecule has 31 heavy (non-hydrogen) atoms. The molecule has 0 radical (unpaired) electrons. The first kappa shape index (κ1) is 19.0. The highest BCUT2D eigenvalue weighted by Gasteiger charge is 2.20. The van der Waals surface area contributed by atoms with Gasteiger partial charge in [-0.3, -0.25) is 9.63 Å². The number of rotatable bonds is 5. The Kier molecular flexibility index (Phi) is 5.17. The highest BCUT2D eigenvalue weighted by molar-refractivity contribution is 6.07. The van der Waals surface area contributed by atoms with Crippen molar-refractivity contribution in [1.82, 2.24) is 0 Å². The number of nitrogens with zero attached hydrogens (tertiary/aromatic N) is 1. The fourth-order valence-electron chi connectivity index (χ4n) is 3.71. The average Bonchev–Trinajstić information content (AvgIpc) is 2.84. The molecule has 0 N–H and O–H groups in total. The Hall–Kier alpha value is -3.95. The molecule has 0 atom stereocenters. The molecule has 0 spiro atoms. The van der Waals surface area contributed by atoms with Gasteiger partial charge in [-0.2, -0.15) is 5.06 Å². The number of carbonyl (C=O) groups is 1. The van der Waals surface area contributed by atoms with Gasteiger partial charge in [-0.1, -0.05) is 91.0 Å². The Bertz CT molecular complexity index is 1360. The second kappa shape index (κ2) is 8.42. The van der Waals surface area contributed by atoms with Crippen LogP contribution in [0.5, 0.6) is 0 Å². The molecule has 5 aromatic rings. The zero-order valence-corrected chi connectivity index (χ0v) is 16.9. The lowest BCUT2D eigenvalue weighted by Gasteiger charge is -2.23. The minimum atomic E-state index is -0.197. The molecular formula is C28H21NO2. The van der Waals surface area contributed by atoms with Gasteiger partial charge in [0, 0.05) is 5.56 Å². The number of benzene rings is 5. The summed E-state index contributed by atoms with van der Waals surface area (Å²) in [5.74, 6) is -0.197. The van der Waals surface area contributed by atoms with Gasteiger partial charge in [-0.15, -0.1) is 0 Å². The molecule has 3 nitrogen and oxygen atoms in total. The van der Waals surface area contributed by atoms with Gasteiger partial charge in [0.2, 0.25) is 0 Å². The third-order valence-corrected chi connectivity index (χ3v) is 5.35. The predicted molar refractivity (Wildman–Crippen MR) is 126 cm³/mol. The van der Waals surface area contributed by atoms with E-state index in [-0.39, 0.29) is 5.91 Å². The third kappa shape index (κ3) is 4.04. The van der Waals surface area contributed by atoms with E-state index in [0.29, 0.717) is 17.9 Å². The van der Waals surface area contributed by atoms with Crippen LogP contribution < -0.4 is 5.06 Å². The number of carbonyl (C=O) groups excluding carboxylic acids is 1. The van der Waals surface area contributed by atoms with Gasteiger partial charge in [0.05, 0.1) is 5.69 Å². The molecule has 0 heterocycles. The van der Waals surface area contributed by atoms with Crippen LogP contribution in [0.2, 0.25) is 0 Å². The van der Waals surface area contributed by atoms with Crippen LogP contribution in [-0.4, -0.2) is 5.91 Å². The van der Waals surface area contributed by atoms with Crippen LogP contribution in [0.25, 0.3) is 21.5 Å². The first-order valence-corrected chi connectivity index (χ1v) is 10.3. The van der Waals surface area contributed by atoms with E-state index in [0.717, 1.165) is 27.1 Å². The summed E-state index contributed by atoms with van der Waals surface area (Å²) in [5.41, 5.74) is 2.28. The molecule has 3 heteroatoms. The molecule has 5 rings (SSSR count). The van der Waals surface area contributed by atoms with E-state index in [1.165, 1.54) is 5.06 Å². The van der Waals surface area contributed by atoms with Crippen LogP contribution in [0.4, 0.5) is 5.69 Å². The van der Waals surface area contributed by atoms with Crippen molar-refractivity contribution in [2.75, 3.05) is 5.06 Å². The molecule has 0 aromatic heterocycles. The highest BCUT2D eigenvalue weighted by Crippen LogP contribution is 2.26. The Labute approximate surface area is 181 Å². The van der Waals surface area contributed by atoms with Crippen molar-refractivity contribution in [3.8, 4) is 0 Å². The summed E-state index contributed by atoms with van der Waals surface area (Å²) in [6, 6.07) is 37.6. The molecule has 0 bridgehead atoms. The van der Waals surface area contributed by atoms with E-state index < -0.39 is 0 Å². The standard InChI is InChI=1S/C28H21NO2/c30-28(26-15-14-22-10-4-6-12-24(22)18-26)29(31-20-21-8-2-1-3-9-21)27-17-16-23-11-5-7-13-25(23)19-27/h1-19H,20H2. The lowest BCUT2D eigenvalue weighted by atomic mass is 10.1. The average molecular weight is 403 g/mol. The maximum atomic E-state index is 13.5. The summed E-state index contributed by atoms with van der Waals surface area (Å²) in [5, 5.41) is 5.70. The van der Waals surface area contributed by atoms with Gasteiger partial charge >= 0.3 is 0 Å². The number of fused-ring (bicyclic) bond motifs is 2. The van der Waals surface area contributed by atoms with E-state index in [9.17, 15) is 4.79 Å².